The van der Waals surface area contributed by atoms with E-state index in [1.54, 1.807) is 0 Å². The topological polar surface area (TPSA) is 26.3 Å². The number of allylic oxidation sites excluding steroid dienone is 2. The minimum absolute atomic E-state index is 0.0251. The molecular weight excluding hydrogens is 344 g/mol. The van der Waals surface area contributed by atoms with Gasteiger partial charge in [-0.3, -0.25) is 4.79 Å². The van der Waals surface area contributed by atoms with Gasteiger partial charge < -0.3 is 4.74 Å². The molecule has 0 aliphatic heterocycles. The summed E-state index contributed by atoms with van der Waals surface area (Å²) in [6.07, 6.45) is 17.1. The Morgan fingerprint density at radius 2 is 1.75 bits per heavy atom. The van der Waals surface area contributed by atoms with E-state index >= 15 is 0 Å². The van der Waals surface area contributed by atoms with Gasteiger partial charge in [0.1, 0.15) is 5.75 Å². The van der Waals surface area contributed by atoms with Gasteiger partial charge in [-0.2, -0.15) is 0 Å². The number of ether oxygens (including phenoxy) is 1. The number of hydrogen-bond acceptors (Lipinski definition) is 2. The highest BCUT2D eigenvalue weighted by molar-refractivity contribution is 5.75. The summed E-state index contributed by atoms with van der Waals surface area (Å²) in [5, 5.41) is 0. The molecule has 0 bridgehead atoms. The Morgan fingerprint density at radius 3 is 2.39 bits per heavy atom. The van der Waals surface area contributed by atoms with Crippen molar-refractivity contribution in [3.63, 3.8) is 0 Å². The second-order valence-corrected chi connectivity index (χ2v) is 9.12. The summed E-state index contributed by atoms with van der Waals surface area (Å²) >= 11 is 0. The van der Waals surface area contributed by atoms with Gasteiger partial charge >= 0.3 is 5.97 Å². The molecule has 1 saturated carbocycles. The first-order chi connectivity index (χ1) is 13.7. The van der Waals surface area contributed by atoms with Crippen LogP contribution in [-0.2, 0) is 4.79 Å². The SMILES string of the molecule is CCCCCCC1CCC(C(=O)Oc2ccc(C3=CCC(C)CC3)cc2)CC1. The van der Waals surface area contributed by atoms with Crippen LogP contribution in [0.25, 0.3) is 5.57 Å². The van der Waals surface area contributed by atoms with Crippen molar-refractivity contribution in [3.05, 3.63) is 35.9 Å². The van der Waals surface area contributed by atoms with Gasteiger partial charge in [0.15, 0.2) is 0 Å². The van der Waals surface area contributed by atoms with E-state index in [-0.39, 0.29) is 11.9 Å². The maximum Gasteiger partial charge on any atom is 0.314 e. The molecule has 2 nitrogen and oxygen atoms in total. The van der Waals surface area contributed by atoms with E-state index in [4.69, 9.17) is 4.74 Å². The Balaban J connectivity index is 1.43. The molecule has 1 fully saturated rings. The molecule has 1 atom stereocenters. The van der Waals surface area contributed by atoms with Crippen LogP contribution in [-0.4, -0.2) is 5.97 Å². The molecular formula is C26H38O2. The van der Waals surface area contributed by atoms with Crippen LogP contribution in [0.3, 0.4) is 0 Å². The molecule has 154 valence electrons. The third kappa shape index (κ3) is 6.22. The van der Waals surface area contributed by atoms with Crippen LogP contribution in [0.5, 0.6) is 5.75 Å². The van der Waals surface area contributed by atoms with Gasteiger partial charge in [-0.1, -0.05) is 64.2 Å². The average Bonchev–Trinajstić information content (AvgIpc) is 2.73. The predicted molar refractivity (Wildman–Crippen MR) is 117 cm³/mol. The van der Waals surface area contributed by atoms with E-state index in [2.05, 4.69) is 32.1 Å². The Bertz CT molecular complexity index is 635. The summed E-state index contributed by atoms with van der Waals surface area (Å²) in [6, 6.07) is 8.15. The molecule has 3 rings (SSSR count). The molecule has 1 unspecified atom stereocenters. The van der Waals surface area contributed by atoms with Crippen LogP contribution in [0.2, 0.25) is 0 Å². The van der Waals surface area contributed by atoms with Crippen molar-refractivity contribution >= 4 is 11.5 Å². The largest absolute Gasteiger partial charge is 0.426 e. The van der Waals surface area contributed by atoms with E-state index in [0.717, 1.165) is 31.1 Å². The molecule has 0 spiro atoms. The zero-order valence-corrected chi connectivity index (χ0v) is 17.9. The van der Waals surface area contributed by atoms with Crippen molar-refractivity contribution in [3.8, 4) is 5.75 Å². The number of carbonyl (C=O) groups excluding carboxylic acids is 1. The molecule has 1 aromatic carbocycles. The molecule has 2 aliphatic rings. The van der Waals surface area contributed by atoms with E-state index < -0.39 is 0 Å². The highest BCUT2D eigenvalue weighted by Gasteiger charge is 2.27. The zero-order valence-electron chi connectivity index (χ0n) is 17.9. The van der Waals surface area contributed by atoms with Gasteiger partial charge in [-0.05, 0) is 80.1 Å². The van der Waals surface area contributed by atoms with Crippen LogP contribution in [0.4, 0.5) is 0 Å². The Kier molecular flexibility index (Phi) is 8.18. The summed E-state index contributed by atoms with van der Waals surface area (Å²) in [6.45, 7) is 4.58. The van der Waals surface area contributed by atoms with Gasteiger partial charge in [-0.15, -0.1) is 0 Å². The number of esters is 1. The Labute approximate surface area is 171 Å². The molecule has 1 aromatic rings. The van der Waals surface area contributed by atoms with Crippen LogP contribution in [0, 0.1) is 17.8 Å². The van der Waals surface area contributed by atoms with Crippen LogP contribution >= 0.6 is 0 Å². The van der Waals surface area contributed by atoms with Gasteiger partial charge in [-0.25, -0.2) is 0 Å². The standard InChI is InChI=1S/C26H38O2/c1-3-4-5-6-7-21-10-14-24(15-11-21)26(27)28-25-18-16-23(17-19-25)22-12-8-20(2)9-13-22/h12,16-21,24H,3-11,13-15H2,1-2H3. The first-order valence-corrected chi connectivity index (χ1v) is 11.7. The number of hydrogen-bond donors (Lipinski definition) is 0. The fourth-order valence-corrected chi connectivity index (χ4v) is 4.71. The summed E-state index contributed by atoms with van der Waals surface area (Å²) in [7, 11) is 0. The maximum absolute atomic E-state index is 12.6. The summed E-state index contributed by atoms with van der Waals surface area (Å²) in [5.74, 6) is 2.39. The number of unbranched alkanes of at least 4 members (excludes halogenated alkanes) is 3. The molecule has 0 amide bonds. The fraction of sp³-hybridized carbons (Fsp3) is 0.654. The molecule has 0 N–H and O–H groups in total. The second kappa shape index (κ2) is 10.8. The maximum atomic E-state index is 12.6. The lowest BCUT2D eigenvalue weighted by atomic mass is 9.80. The lowest BCUT2D eigenvalue weighted by Gasteiger charge is -2.27. The minimum Gasteiger partial charge on any atom is -0.426 e. The van der Waals surface area contributed by atoms with Crippen molar-refractivity contribution in [1.29, 1.82) is 0 Å². The van der Waals surface area contributed by atoms with E-state index in [1.165, 1.54) is 68.9 Å². The van der Waals surface area contributed by atoms with E-state index in [1.807, 2.05) is 12.1 Å². The number of benzene rings is 1. The van der Waals surface area contributed by atoms with Gasteiger partial charge in [0.05, 0.1) is 5.92 Å². The normalized spacial score (nSPS) is 25.2. The highest BCUT2D eigenvalue weighted by atomic mass is 16.5. The van der Waals surface area contributed by atoms with Crippen molar-refractivity contribution in [2.75, 3.05) is 0 Å². The molecule has 28 heavy (non-hydrogen) atoms. The first kappa shape index (κ1) is 21.1. The van der Waals surface area contributed by atoms with Gasteiger partial charge in [0.2, 0.25) is 0 Å². The lowest BCUT2D eigenvalue weighted by Crippen LogP contribution is -2.25. The van der Waals surface area contributed by atoms with E-state index in [0.29, 0.717) is 5.75 Å². The third-order valence-corrected chi connectivity index (χ3v) is 6.76. The summed E-state index contributed by atoms with van der Waals surface area (Å²) in [4.78, 5) is 12.6. The monoisotopic (exact) mass is 382 g/mol. The lowest BCUT2D eigenvalue weighted by molar-refractivity contribution is -0.140. The third-order valence-electron chi connectivity index (χ3n) is 6.76. The van der Waals surface area contributed by atoms with Crippen LogP contribution in [0.1, 0.15) is 96.5 Å². The van der Waals surface area contributed by atoms with Crippen molar-refractivity contribution in [2.24, 2.45) is 17.8 Å². The second-order valence-electron chi connectivity index (χ2n) is 9.12. The molecule has 2 aliphatic carbocycles. The molecule has 0 radical (unpaired) electrons. The summed E-state index contributed by atoms with van der Waals surface area (Å²) < 4.78 is 5.70. The first-order valence-electron chi connectivity index (χ1n) is 11.7. The smallest absolute Gasteiger partial charge is 0.314 e. The van der Waals surface area contributed by atoms with Crippen LogP contribution in [0.15, 0.2) is 30.3 Å². The van der Waals surface area contributed by atoms with Crippen molar-refractivity contribution < 1.29 is 9.53 Å². The van der Waals surface area contributed by atoms with Gasteiger partial charge in [0, 0.05) is 0 Å². The summed E-state index contributed by atoms with van der Waals surface area (Å²) in [5.41, 5.74) is 2.71. The highest BCUT2D eigenvalue weighted by Crippen LogP contribution is 2.34. The Morgan fingerprint density at radius 1 is 1.00 bits per heavy atom. The van der Waals surface area contributed by atoms with Crippen molar-refractivity contribution in [2.45, 2.75) is 90.9 Å². The molecule has 0 heterocycles. The molecule has 2 heteroatoms. The predicted octanol–water partition coefficient (Wildman–Crippen LogP) is 7.57. The number of carbonyl (C=O) groups is 1. The fourth-order valence-electron chi connectivity index (χ4n) is 4.71. The quantitative estimate of drug-likeness (QED) is 0.263. The average molecular weight is 383 g/mol. The number of rotatable bonds is 8. The molecule has 0 saturated heterocycles. The van der Waals surface area contributed by atoms with E-state index in [9.17, 15) is 4.79 Å². The minimum atomic E-state index is -0.0251. The Hall–Kier alpha value is -1.57. The van der Waals surface area contributed by atoms with Crippen molar-refractivity contribution in [1.82, 2.24) is 0 Å². The molecule has 0 aromatic heterocycles. The van der Waals surface area contributed by atoms with Gasteiger partial charge in [0.25, 0.3) is 0 Å². The zero-order chi connectivity index (χ0) is 19.8. The van der Waals surface area contributed by atoms with Crippen LogP contribution < -0.4 is 4.74 Å².